The van der Waals surface area contributed by atoms with E-state index in [0.29, 0.717) is 37.8 Å². The molecule has 0 N–H and O–H groups in total. The molecule has 1 aromatic carbocycles. The van der Waals surface area contributed by atoms with Gasteiger partial charge in [0.2, 0.25) is 0 Å². The number of benzene rings is 1. The number of aromatic nitrogens is 2. The van der Waals surface area contributed by atoms with E-state index in [4.69, 9.17) is 26.3 Å². The minimum absolute atomic E-state index is 0.0207. The number of carbonyl (C=O) groups excluding carboxylic acids is 1. The summed E-state index contributed by atoms with van der Waals surface area (Å²) in [5.41, 5.74) is 4.65. The number of likely N-dealkylation sites (tertiary alicyclic amines) is 1. The Balaban J connectivity index is 1.33. The maximum atomic E-state index is 13.8. The zero-order valence-corrected chi connectivity index (χ0v) is 25.2. The molecule has 2 saturated heterocycles. The van der Waals surface area contributed by atoms with E-state index >= 15 is 0 Å². The van der Waals surface area contributed by atoms with Crippen LogP contribution in [0.2, 0.25) is 5.02 Å². The molecule has 2 aromatic rings. The van der Waals surface area contributed by atoms with Gasteiger partial charge >= 0.3 is 6.01 Å². The van der Waals surface area contributed by atoms with E-state index in [0.717, 1.165) is 67.0 Å². The van der Waals surface area contributed by atoms with E-state index in [1.807, 2.05) is 12.1 Å². The molecule has 6 rings (SSSR count). The number of likely N-dealkylation sites (N-methyl/N-ethyl adjacent to an activating group) is 1. The number of amides is 1. The average Bonchev–Trinajstić information content (AvgIpc) is 3.50. The summed E-state index contributed by atoms with van der Waals surface area (Å²) in [4.78, 5) is 28.4. The lowest BCUT2D eigenvalue weighted by Crippen LogP contribution is -2.55. The van der Waals surface area contributed by atoms with Crippen molar-refractivity contribution in [3.05, 3.63) is 58.0 Å². The molecule has 222 valence electrons. The second-order valence-corrected chi connectivity index (χ2v) is 12.8. The molecule has 0 saturated carbocycles. The maximum Gasteiger partial charge on any atom is 0.318 e. The monoisotopic (exact) mass is 592 g/mol. The van der Waals surface area contributed by atoms with Crippen LogP contribution in [0.1, 0.15) is 61.4 Å². The highest BCUT2D eigenvalue weighted by atomic mass is 35.5. The molecular weight excluding hydrogens is 555 g/mol. The standard InChI is InChI=1S/C32H38ClFN6O2/c1-20-7-8-23(38(20)3)19-42-31-36-28-17-32(12-9-24-26(32)5-4-6-27(24)33)13-10-25(28)29(37-31)39-15-16-40(30(41)21(2)34)22(18-39)11-14-35/h4-6,20,22-23H,2,7-13,15-19H2,1,3H3/t20-,22-,23-,32-/m0/s1. The number of hydrogen-bond donors (Lipinski definition) is 0. The zero-order chi connectivity index (χ0) is 29.6. The van der Waals surface area contributed by atoms with E-state index in [9.17, 15) is 14.4 Å². The number of anilines is 1. The SMILES string of the molecule is C=C(F)C(=O)N1CCN(c2nc(OC[C@@H]3CC[C@H](C)N3C)nc3c2CC[C@@]2(CCc4c(Cl)cccc42)C3)C[C@@H]1CC#N. The average molecular weight is 593 g/mol. The predicted molar refractivity (Wildman–Crippen MR) is 159 cm³/mol. The third kappa shape index (κ3) is 5.13. The second-order valence-electron chi connectivity index (χ2n) is 12.4. The fourth-order valence-corrected chi connectivity index (χ4v) is 7.84. The number of rotatable bonds is 6. The van der Waals surface area contributed by atoms with Crippen molar-refractivity contribution in [1.82, 2.24) is 19.8 Å². The highest BCUT2D eigenvalue weighted by Crippen LogP contribution is 2.50. The van der Waals surface area contributed by atoms with E-state index in [1.54, 1.807) is 0 Å². The molecule has 42 heavy (non-hydrogen) atoms. The molecule has 0 radical (unpaired) electrons. The number of fused-ring (bicyclic) bond motifs is 3. The molecule has 8 nitrogen and oxygen atoms in total. The summed E-state index contributed by atoms with van der Waals surface area (Å²) >= 11 is 6.61. The first-order valence-electron chi connectivity index (χ1n) is 15.0. The molecule has 2 aliphatic heterocycles. The van der Waals surface area contributed by atoms with E-state index in [2.05, 4.69) is 42.5 Å². The van der Waals surface area contributed by atoms with Gasteiger partial charge in [0.05, 0.1) is 24.2 Å². The van der Waals surface area contributed by atoms with Gasteiger partial charge in [-0.05, 0) is 76.1 Å². The largest absolute Gasteiger partial charge is 0.462 e. The highest BCUT2D eigenvalue weighted by molar-refractivity contribution is 6.31. The second kappa shape index (κ2) is 11.5. The normalized spacial score (nSPS) is 27.1. The minimum atomic E-state index is -1.00. The van der Waals surface area contributed by atoms with Crippen molar-refractivity contribution in [2.75, 3.05) is 38.2 Å². The smallest absolute Gasteiger partial charge is 0.318 e. The highest BCUT2D eigenvalue weighted by Gasteiger charge is 2.44. The van der Waals surface area contributed by atoms with E-state index in [1.165, 1.54) is 16.0 Å². The topological polar surface area (TPSA) is 85.6 Å². The quantitative estimate of drug-likeness (QED) is 0.446. The molecule has 2 aliphatic carbocycles. The third-order valence-corrected chi connectivity index (χ3v) is 10.5. The van der Waals surface area contributed by atoms with Crippen molar-refractivity contribution < 1.29 is 13.9 Å². The van der Waals surface area contributed by atoms with Crippen molar-refractivity contribution >= 4 is 23.3 Å². The number of nitriles is 1. The summed E-state index contributed by atoms with van der Waals surface area (Å²) in [7, 11) is 2.14. The Morgan fingerprint density at radius 2 is 2.00 bits per heavy atom. The molecule has 2 fully saturated rings. The lowest BCUT2D eigenvalue weighted by molar-refractivity contribution is -0.131. The lowest BCUT2D eigenvalue weighted by atomic mass is 9.69. The molecular formula is C32H38ClFN6O2. The Bertz CT molecular complexity index is 1440. The van der Waals surface area contributed by atoms with Gasteiger partial charge < -0.3 is 14.5 Å². The fourth-order valence-electron chi connectivity index (χ4n) is 7.57. The molecule has 4 atom stereocenters. The van der Waals surface area contributed by atoms with Crippen molar-refractivity contribution in [1.29, 1.82) is 5.26 Å². The third-order valence-electron chi connectivity index (χ3n) is 10.1. The maximum absolute atomic E-state index is 13.8. The Kier molecular flexibility index (Phi) is 7.88. The number of ether oxygens (including phenoxy) is 1. The summed E-state index contributed by atoms with van der Waals surface area (Å²) in [5.74, 6) is -0.953. The van der Waals surface area contributed by atoms with Gasteiger partial charge in [0.25, 0.3) is 5.91 Å². The van der Waals surface area contributed by atoms with Crippen LogP contribution in [-0.2, 0) is 29.5 Å². The van der Waals surface area contributed by atoms with Crippen LogP contribution in [0.3, 0.4) is 0 Å². The summed E-state index contributed by atoms with van der Waals surface area (Å²) in [6.07, 6.45) is 6.86. The molecule has 1 aromatic heterocycles. The number of piperazine rings is 1. The summed E-state index contributed by atoms with van der Waals surface area (Å²) in [5, 5.41) is 10.3. The van der Waals surface area contributed by atoms with Crippen molar-refractivity contribution in [3.8, 4) is 12.1 Å². The van der Waals surface area contributed by atoms with E-state index < -0.39 is 17.8 Å². The Labute approximate surface area is 252 Å². The number of halogens is 2. The zero-order valence-electron chi connectivity index (χ0n) is 24.4. The van der Waals surface area contributed by atoms with Crippen LogP contribution in [0, 0.1) is 11.3 Å². The van der Waals surface area contributed by atoms with Gasteiger partial charge in [-0.2, -0.15) is 15.2 Å². The molecule has 4 aliphatic rings. The van der Waals surface area contributed by atoms with Crippen LogP contribution in [0.15, 0.2) is 30.6 Å². The fraction of sp³-hybridized carbons (Fsp3) is 0.562. The number of carbonyl (C=O) groups is 1. The first-order valence-corrected chi connectivity index (χ1v) is 15.4. The summed E-state index contributed by atoms with van der Waals surface area (Å²) in [6, 6.07) is 9.13. The molecule has 10 heteroatoms. The molecule has 3 heterocycles. The number of nitrogens with zero attached hydrogens (tertiary/aromatic N) is 6. The van der Waals surface area contributed by atoms with Gasteiger partial charge in [-0.15, -0.1) is 0 Å². The van der Waals surface area contributed by atoms with Crippen LogP contribution in [0.4, 0.5) is 10.2 Å². The Morgan fingerprint density at radius 1 is 1.21 bits per heavy atom. The van der Waals surface area contributed by atoms with Crippen molar-refractivity contribution in [2.45, 2.75) is 81.8 Å². The molecule has 1 spiro atoms. The van der Waals surface area contributed by atoms with Crippen LogP contribution in [0.5, 0.6) is 6.01 Å². The predicted octanol–water partition coefficient (Wildman–Crippen LogP) is 4.78. The summed E-state index contributed by atoms with van der Waals surface area (Å²) in [6.45, 7) is 7.06. The van der Waals surface area contributed by atoms with Gasteiger partial charge in [0.1, 0.15) is 12.4 Å². The van der Waals surface area contributed by atoms with Crippen LogP contribution in [-0.4, -0.2) is 77.1 Å². The van der Waals surface area contributed by atoms with Crippen molar-refractivity contribution in [3.63, 3.8) is 0 Å². The van der Waals surface area contributed by atoms with Gasteiger partial charge in [-0.3, -0.25) is 9.69 Å². The van der Waals surface area contributed by atoms with Gasteiger partial charge in [0.15, 0.2) is 5.83 Å². The van der Waals surface area contributed by atoms with Gasteiger partial charge in [-0.1, -0.05) is 30.3 Å². The van der Waals surface area contributed by atoms with Crippen LogP contribution in [0.25, 0.3) is 0 Å². The molecule has 0 unspecified atom stereocenters. The van der Waals surface area contributed by atoms with E-state index in [-0.39, 0.29) is 18.4 Å². The first-order chi connectivity index (χ1) is 20.2. The van der Waals surface area contributed by atoms with Crippen LogP contribution < -0.4 is 9.64 Å². The molecule has 1 amide bonds. The Morgan fingerprint density at radius 3 is 2.71 bits per heavy atom. The number of hydrogen-bond acceptors (Lipinski definition) is 7. The first kappa shape index (κ1) is 28.9. The van der Waals surface area contributed by atoms with Gasteiger partial charge in [0, 0.05) is 47.7 Å². The van der Waals surface area contributed by atoms with Crippen LogP contribution >= 0.6 is 11.6 Å². The van der Waals surface area contributed by atoms with Crippen molar-refractivity contribution in [2.24, 2.45) is 0 Å². The minimum Gasteiger partial charge on any atom is -0.462 e. The van der Waals surface area contributed by atoms with Gasteiger partial charge in [-0.25, -0.2) is 4.39 Å². The lowest BCUT2D eigenvalue weighted by Gasteiger charge is -2.42. The summed E-state index contributed by atoms with van der Waals surface area (Å²) < 4.78 is 20.1. The Hall–Kier alpha value is -3.22. The molecule has 0 bridgehead atoms.